The van der Waals surface area contributed by atoms with Gasteiger partial charge in [0.1, 0.15) is 0 Å². The fourth-order valence-corrected chi connectivity index (χ4v) is 3.24. The molecule has 0 aromatic heterocycles. The first-order chi connectivity index (χ1) is 9.19. The standard InChI is InChI=1S/C19H40O/c1-8-9-10-11-12-13-14-15-16-20-17(18(2,3)4)19(5,6)7/h17H,8-16H2,1-7H3. The molecule has 0 aromatic carbocycles. The molecule has 0 heterocycles. The van der Waals surface area contributed by atoms with Crippen molar-refractivity contribution in [3.63, 3.8) is 0 Å². The van der Waals surface area contributed by atoms with Gasteiger partial charge in [0, 0.05) is 6.61 Å². The van der Waals surface area contributed by atoms with Crippen LogP contribution in [0.15, 0.2) is 0 Å². The fourth-order valence-electron chi connectivity index (χ4n) is 3.24. The average molecular weight is 285 g/mol. The maximum atomic E-state index is 6.22. The second-order valence-electron chi connectivity index (χ2n) is 8.46. The molecule has 122 valence electrons. The fraction of sp³-hybridized carbons (Fsp3) is 1.00. The van der Waals surface area contributed by atoms with E-state index >= 15 is 0 Å². The van der Waals surface area contributed by atoms with Crippen molar-refractivity contribution < 1.29 is 4.74 Å². The van der Waals surface area contributed by atoms with E-state index in [0.717, 1.165) is 6.61 Å². The largest absolute Gasteiger partial charge is 0.377 e. The molecule has 20 heavy (non-hydrogen) atoms. The van der Waals surface area contributed by atoms with E-state index in [1.54, 1.807) is 0 Å². The molecule has 0 rings (SSSR count). The van der Waals surface area contributed by atoms with Crippen molar-refractivity contribution in [2.75, 3.05) is 6.61 Å². The van der Waals surface area contributed by atoms with Crippen LogP contribution in [-0.2, 0) is 4.74 Å². The molecule has 0 aliphatic rings. The minimum atomic E-state index is 0.221. The highest BCUT2D eigenvalue weighted by Gasteiger charge is 2.35. The van der Waals surface area contributed by atoms with Crippen LogP contribution in [-0.4, -0.2) is 12.7 Å². The second-order valence-corrected chi connectivity index (χ2v) is 8.46. The maximum absolute atomic E-state index is 6.22. The van der Waals surface area contributed by atoms with Crippen molar-refractivity contribution in [1.82, 2.24) is 0 Å². The highest BCUT2D eigenvalue weighted by Crippen LogP contribution is 2.36. The molecule has 0 bridgehead atoms. The lowest BCUT2D eigenvalue weighted by Crippen LogP contribution is -2.40. The Morgan fingerprint density at radius 2 is 1.05 bits per heavy atom. The van der Waals surface area contributed by atoms with Gasteiger partial charge in [0.2, 0.25) is 0 Å². The van der Waals surface area contributed by atoms with Gasteiger partial charge in [0.05, 0.1) is 6.10 Å². The normalized spacial score (nSPS) is 13.2. The van der Waals surface area contributed by atoms with Crippen molar-refractivity contribution in [2.24, 2.45) is 10.8 Å². The second kappa shape index (κ2) is 9.82. The number of unbranched alkanes of at least 4 members (excludes halogenated alkanes) is 7. The molecule has 0 fully saturated rings. The van der Waals surface area contributed by atoms with Gasteiger partial charge < -0.3 is 4.74 Å². The van der Waals surface area contributed by atoms with Crippen LogP contribution < -0.4 is 0 Å². The summed E-state index contributed by atoms with van der Waals surface area (Å²) in [6, 6.07) is 0. The van der Waals surface area contributed by atoms with E-state index in [9.17, 15) is 0 Å². The van der Waals surface area contributed by atoms with Gasteiger partial charge in [0.25, 0.3) is 0 Å². The predicted molar refractivity (Wildman–Crippen MR) is 91.3 cm³/mol. The summed E-state index contributed by atoms with van der Waals surface area (Å²) < 4.78 is 6.22. The van der Waals surface area contributed by atoms with Crippen LogP contribution in [0.4, 0.5) is 0 Å². The van der Waals surface area contributed by atoms with Crippen LogP contribution in [0.1, 0.15) is 99.8 Å². The first-order valence-electron chi connectivity index (χ1n) is 8.81. The van der Waals surface area contributed by atoms with Crippen LogP contribution in [0.25, 0.3) is 0 Å². The van der Waals surface area contributed by atoms with Crippen molar-refractivity contribution in [3.05, 3.63) is 0 Å². The molecule has 1 nitrogen and oxygen atoms in total. The zero-order chi connectivity index (χ0) is 15.6. The topological polar surface area (TPSA) is 9.23 Å². The third kappa shape index (κ3) is 9.80. The van der Waals surface area contributed by atoms with E-state index in [0.29, 0.717) is 6.10 Å². The zero-order valence-electron chi connectivity index (χ0n) is 15.3. The number of rotatable bonds is 10. The third-order valence-corrected chi connectivity index (χ3v) is 3.86. The summed E-state index contributed by atoms with van der Waals surface area (Å²) >= 11 is 0. The van der Waals surface area contributed by atoms with E-state index in [2.05, 4.69) is 48.5 Å². The van der Waals surface area contributed by atoms with E-state index in [1.165, 1.54) is 51.4 Å². The Labute approximate surface area is 128 Å². The summed E-state index contributed by atoms with van der Waals surface area (Å²) in [5.41, 5.74) is 0.441. The van der Waals surface area contributed by atoms with Gasteiger partial charge in [-0.2, -0.15) is 0 Å². The lowest BCUT2D eigenvalue weighted by molar-refractivity contribution is -0.0827. The quantitative estimate of drug-likeness (QED) is 0.410. The Balaban J connectivity index is 3.71. The molecule has 0 aliphatic heterocycles. The molecule has 0 radical (unpaired) electrons. The smallest absolute Gasteiger partial charge is 0.0671 e. The van der Waals surface area contributed by atoms with Crippen molar-refractivity contribution in [3.8, 4) is 0 Å². The summed E-state index contributed by atoms with van der Waals surface area (Å²) in [5.74, 6) is 0. The molecular weight excluding hydrogens is 244 g/mol. The Morgan fingerprint density at radius 1 is 0.650 bits per heavy atom. The molecule has 0 N–H and O–H groups in total. The van der Waals surface area contributed by atoms with Gasteiger partial charge in [-0.1, -0.05) is 93.4 Å². The molecule has 0 atom stereocenters. The number of ether oxygens (including phenoxy) is 1. The van der Waals surface area contributed by atoms with Crippen molar-refractivity contribution in [1.29, 1.82) is 0 Å². The van der Waals surface area contributed by atoms with Crippen molar-refractivity contribution >= 4 is 0 Å². The molecular formula is C19H40O. The number of hydrogen-bond acceptors (Lipinski definition) is 1. The molecule has 0 unspecified atom stereocenters. The van der Waals surface area contributed by atoms with E-state index in [4.69, 9.17) is 4.74 Å². The van der Waals surface area contributed by atoms with Crippen molar-refractivity contribution in [2.45, 2.75) is 106 Å². The minimum absolute atomic E-state index is 0.221. The number of hydrogen-bond donors (Lipinski definition) is 0. The van der Waals surface area contributed by atoms with Gasteiger partial charge in [-0.25, -0.2) is 0 Å². The summed E-state index contributed by atoms with van der Waals surface area (Å²) in [4.78, 5) is 0. The molecule has 0 saturated heterocycles. The monoisotopic (exact) mass is 284 g/mol. The lowest BCUT2D eigenvalue weighted by atomic mass is 9.74. The molecule has 0 aromatic rings. The molecule has 1 heteroatoms. The first kappa shape index (κ1) is 20.0. The van der Waals surface area contributed by atoms with Crippen LogP contribution >= 0.6 is 0 Å². The molecule has 0 aliphatic carbocycles. The minimum Gasteiger partial charge on any atom is -0.377 e. The predicted octanol–water partition coefficient (Wildman–Crippen LogP) is 6.60. The highest BCUT2D eigenvalue weighted by molar-refractivity contribution is 4.84. The molecule has 0 spiro atoms. The third-order valence-electron chi connectivity index (χ3n) is 3.86. The Hall–Kier alpha value is -0.0400. The summed E-state index contributed by atoms with van der Waals surface area (Å²) in [7, 11) is 0. The molecule has 0 saturated carbocycles. The van der Waals surface area contributed by atoms with Crippen LogP contribution in [0.3, 0.4) is 0 Å². The van der Waals surface area contributed by atoms with Crippen LogP contribution in [0, 0.1) is 10.8 Å². The SMILES string of the molecule is CCCCCCCCCCOC(C(C)(C)C)C(C)(C)C. The first-order valence-corrected chi connectivity index (χ1v) is 8.81. The zero-order valence-corrected chi connectivity index (χ0v) is 15.3. The maximum Gasteiger partial charge on any atom is 0.0671 e. The van der Waals surface area contributed by atoms with E-state index < -0.39 is 0 Å². The van der Waals surface area contributed by atoms with E-state index in [1.807, 2.05) is 0 Å². The Kier molecular flexibility index (Phi) is 9.80. The van der Waals surface area contributed by atoms with Crippen LogP contribution in [0.5, 0.6) is 0 Å². The van der Waals surface area contributed by atoms with Gasteiger partial charge in [0.15, 0.2) is 0 Å². The van der Waals surface area contributed by atoms with Crippen LogP contribution in [0.2, 0.25) is 0 Å². The summed E-state index contributed by atoms with van der Waals surface area (Å²) in [6.45, 7) is 16.9. The van der Waals surface area contributed by atoms with E-state index in [-0.39, 0.29) is 10.8 Å². The summed E-state index contributed by atoms with van der Waals surface area (Å²) in [5, 5.41) is 0. The highest BCUT2D eigenvalue weighted by atomic mass is 16.5. The van der Waals surface area contributed by atoms with Gasteiger partial charge >= 0.3 is 0 Å². The average Bonchev–Trinajstić information content (AvgIpc) is 2.28. The Bertz CT molecular complexity index is 205. The van der Waals surface area contributed by atoms with Gasteiger partial charge in [-0.05, 0) is 17.3 Å². The van der Waals surface area contributed by atoms with Gasteiger partial charge in [-0.15, -0.1) is 0 Å². The summed E-state index contributed by atoms with van der Waals surface area (Å²) in [6.07, 6.45) is 11.2. The lowest BCUT2D eigenvalue weighted by Gasteiger charge is -2.40. The van der Waals surface area contributed by atoms with Gasteiger partial charge in [-0.3, -0.25) is 0 Å². The Morgan fingerprint density at radius 3 is 1.45 bits per heavy atom. The molecule has 0 amide bonds.